The van der Waals surface area contributed by atoms with Crippen LogP contribution in [-0.4, -0.2) is 20.9 Å². The quantitative estimate of drug-likeness (QED) is 0.347. The molecule has 0 aliphatic rings. The molecular formula is C8H18N2Si. The summed E-state index contributed by atoms with van der Waals surface area (Å²) in [6.45, 7) is 3.74. The second-order valence-corrected chi connectivity index (χ2v) is 5.24. The molecule has 3 heteroatoms. The van der Waals surface area contributed by atoms with Crippen LogP contribution in [0.25, 0.3) is 0 Å². The lowest BCUT2D eigenvalue weighted by Gasteiger charge is -1.97. The number of nitrogens with one attached hydrogen (secondary N) is 2. The summed E-state index contributed by atoms with van der Waals surface area (Å²) in [4.78, 5) is 0. The fourth-order valence-electron chi connectivity index (χ4n) is 0.957. The first-order valence-electron chi connectivity index (χ1n) is 4.21. The van der Waals surface area contributed by atoms with Crippen molar-refractivity contribution < 1.29 is 0 Å². The van der Waals surface area contributed by atoms with E-state index in [0.29, 0.717) is 0 Å². The predicted molar refractivity (Wildman–Crippen MR) is 54.2 cm³/mol. The smallest absolute Gasteiger partial charge is 0.0205 e. The molecule has 0 bridgehead atoms. The zero-order valence-electron chi connectivity index (χ0n) is 7.54. The van der Waals surface area contributed by atoms with E-state index in [1.54, 1.807) is 0 Å². The first-order chi connectivity index (χ1) is 5.13. The summed E-state index contributed by atoms with van der Waals surface area (Å²) in [7, 11) is 0.0440. The van der Waals surface area contributed by atoms with Crippen LogP contribution < -0.4 is 0 Å². The standard InChI is InChI=1S/C8H18N2Si/c1-7(9)3-5-11-6-4-8(2)10/h9-10H,3-6,11H2,1-2H3. The molecule has 0 fully saturated rings. The highest BCUT2D eigenvalue weighted by Gasteiger charge is 1.92. The van der Waals surface area contributed by atoms with Crippen molar-refractivity contribution in [2.24, 2.45) is 0 Å². The summed E-state index contributed by atoms with van der Waals surface area (Å²) in [6, 6.07) is 2.51. The molecule has 11 heavy (non-hydrogen) atoms. The first-order valence-corrected chi connectivity index (χ1v) is 6.21. The summed E-state index contributed by atoms with van der Waals surface area (Å²) in [5.74, 6) is 0. The Morgan fingerprint density at radius 2 is 1.36 bits per heavy atom. The zero-order valence-corrected chi connectivity index (χ0v) is 8.95. The van der Waals surface area contributed by atoms with Gasteiger partial charge in [0.25, 0.3) is 0 Å². The van der Waals surface area contributed by atoms with E-state index >= 15 is 0 Å². The molecule has 0 saturated carbocycles. The van der Waals surface area contributed by atoms with Crippen molar-refractivity contribution in [2.75, 3.05) is 0 Å². The Labute approximate surface area is 71.2 Å². The van der Waals surface area contributed by atoms with E-state index in [0.717, 1.165) is 24.3 Å². The van der Waals surface area contributed by atoms with Crippen molar-refractivity contribution in [1.82, 2.24) is 0 Å². The molecule has 0 spiro atoms. The number of hydrogen-bond donors (Lipinski definition) is 2. The average molecular weight is 170 g/mol. The van der Waals surface area contributed by atoms with E-state index in [4.69, 9.17) is 10.8 Å². The summed E-state index contributed by atoms with van der Waals surface area (Å²) in [6.07, 6.45) is 1.98. The molecule has 0 aliphatic carbocycles. The molecule has 0 heterocycles. The second-order valence-electron chi connectivity index (χ2n) is 3.12. The van der Waals surface area contributed by atoms with Gasteiger partial charge < -0.3 is 10.8 Å². The molecule has 0 aromatic rings. The molecule has 2 N–H and O–H groups in total. The van der Waals surface area contributed by atoms with Crippen molar-refractivity contribution >= 4 is 20.9 Å². The third-order valence-corrected chi connectivity index (χ3v) is 3.31. The highest BCUT2D eigenvalue weighted by atomic mass is 28.2. The number of hydrogen-bond acceptors (Lipinski definition) is 2. The Hall–Kier alpha value is -0.443. The van der Waals surface area contributed by atoms with Crippen LogP contribution in [0.1, 0.15) is 26.7 Å². The molecule has 0 radical (unpaired) electrons. The highest BCUT2D eigenvalue weighted by molar-refractivity contribution is 6.36. The molecule has 2 nitrogen and oxygen atoms in total. The Kier molecular flexibility index (Phi) is 6.03. The largest absolute Gasteiger partial charge is 0.310 e. The average Bonchev–Trinajstić information content (AvgIpc) is 1.85. The molecule has 0 saturated heterocycles. The Balaban J connectivity index is 3.03. The van der Waals surface area contributed by atoms with Crippen LogP contribution in [0.4, 0.5) is 0 Å². The fourth-order valence-corrected chi connectivity index (χ4v) is 2.87. The van der Waals surface area contributed by atoms with Crippen molar-refractivity contribution in [3.05, 3.63) is 0 Å². The van der Waals surface area contributed by atoms with Gasteiger partial charge >= 0.3 is 0 Å². The lowest BCUT2D eigenvalue weighted by molar-refractivity contribution is 1.16. The second kappa shape index (κ2) is 6.28. The molecule has 0 aromatic carbocycles. The minimum Gasteiger partial charge on any atom is -0.310 e. The fraction of sp³-hybridized carbons (Fsp3) is 0.750. The Bertz CT molecular complexity index is 127. The summed E-state index contributed by atoms with van der Waals surface area (Å²) < 4.78 is 0. The zero-order chi connectivity index (χ0) is 8.69. The molecule has 0 aromatic heterocycles. The Morgan fingerprint density at radius 3 is 1.64 bits per heavy atom. The van der Waals surface area contributed by atoms with E-state index in [9.17, 15) is 0 Å². The van der Waals surface area contributed by atoms with Gasteiger partial charge in [-0.2, -0.15) is 0 Å². The summed E-state index contributed by atoms with van der Waals surface area (Å²) >= 11 is 0. The third kappa shape index (κ3) is 9.56. The molecule has 0 atom stereocenters. The van der Waals surface area contributed by atoms with E-state index in [-0.39, 0.29) is 9.52 Å². The van der Waals surface area contributed by atoms with Gasteiger partial charge in [-0.05, 0) is 26.7 Å². The first kappa shape index (κ1) is 10.6. The van der Waals surface area contributed by atoms with Crippen molar-refractivity contribution in [3.8, 4) is 0 Å². The van der Waals surface area contributed by atoms with Crippen LogP contribution in [0.5, 0.6) is 0 Å². The van der Waals surface area contributed by atoms with Gasteiger partial charge in [-0.1, -0.05) is 12.1 Å². The van der Waals surface area contributed by atoms with Crippen molar-refractivity contribution in [1.29, 1.82) is 10.8 Å². The van der Waals surface area contributed by atoms with E-state index in [1.807, 2.05) is 13.8 Å². The lowest BCUT2D eigenvalue weighted by atomic mass is 10.3. The maximum absolute atomic E-state index is 7.19. The summed E-state index contributed by atoms with van der Waals surface area (Å²) in [5, 5.41) is 14.4. The lowest BCUT2D eigenvalue weighted by Crippen LogP contribution is -1.97. The van der Waals surface area contributed by atoms with Gasteiger partial charge in [0, 0.05) is 20.9 Å². The maximum Gasteiger partial charge on any atom is 0.0205 e. The van der Waals surface area contributed by atoms with Crippen LogP contribution in [0.15, 0.2) is 0 Å². The van der Waals surface area contributed by atoms with Crippen LogP contribution in [0, 0.1) is 10.8 Å². The Morgan fingerprint density at radius 1 is 1.00 bits per heavy atom. The van der Waals surface area contributed by atoms with Gasteiger partial charge in [-0.25, -0.2) is 0 Å². The molecular weight excluding hydrogens is 152 g/mol. The molecule has 64 valence electrons. The van der Waals surface area contributed by atoms with Crippen LogP contribution >= 0.6 is 0 Å². The van der Waals surface area contributed by atoms with Crippen molar-refractivity contribution in [2.45, 2.75) is 38.8 Å². The monoisotopic (exact) mass is 170 g/mol. The number of rotatable bonds is 6. The van der Waals surface area contributed by atoms with Crippen LogP contribution in [-0.2, 0) is 0 Å². The molecule has 0 aliphatic heterocycles. The van der Waals surface area contributed by atoms with E-state index in [2.05, 4.69) is 0 Å². The maximum atomic E-state index is 7.19. The topological polar surface area (TPSA) is 47.7 Å². The van der Waals surface area contributed by atoms with Gasteiger partial charge in [-0.3, -0.25) is 0 Å². The normalized spacial score (nSPS) is 10.7. The van der Waals surface area contributed by atoms with E-state index < -0.39 is 0 Å². The third-order valence-electron chi connectivity index (χ3n) is 1.60. The minimum atomic E-state index is 0.0440. The van der Waals surface area contributed by atoms with Gasteiger partial charge in [0.2, 0.25) is 0 Å². The van der Waals surface area contributed by atoms with Crippen LogP contribution in [0.2, 0.25) is 12.1 Å². The molecule has 0 unspecified atom stereocenters. The van der Waals surface area contributed by atoms with Crippen LogP contribution in [0.3, 0.4) is 0 Å². The molecule has 0 amide bonds. The van der Waals surface area contributed by atoms with Gasteiger partial charge in [0.1, 0.15) is 0 Å². The summed E-state index contributed by atoms with van der Waals surface area (Å²) in [5.41, 5.74) is 1.62. The predicted octanol–water partition coefficient (Wildman–Crippen LogP) is 1.85. The van der Waals surface area contributed by atoms with Gasteiger partial charge in [0.05, 0.1) is 0 Å². The molecule has 0 rings (SSSR count). The minimum absolute atomic E-state index is 0.0440. The van der Waals surface area contributed by atoms with E-state index in [1.165, 1.54) is 12.1 Å². The van der Waals surface area contributed by atoms with Gasteiger partial charge in [-0.15, -0.1) is 0 Å². The van der Waals surface area contributed by atoms with Gasteiger partial charge in [0.15, 0.2) is 0 Å². The van der Waals surface area contributed by atoms with Crippen molar-refractivity contribution in [3.63, 3.8) is 0 Å². The SMILES string of the molecule is CC(=N)CC[SiH2]CCC(C)=N. The highest BCUT2D eigenvalue weighted by Crippen LogP contribution is 1.97.